The van der Waals surface area contributed by atoms with E-state index in [1.54, 1.807) is 0 Å². The molecule has 25 heavy (non-hydrogen) atoms. The van der Waals surface area contributed by atoms with Crippen molar-refractivity contribution in [3.05, 3.63) is 76.4 Å². The van der Waals surface area contributed by atoms with Crippen LogP contribution < -0.4 is 5.32 Å². The number of hydrogen-bond donors (Lipinski definition) is 1. The summed E-state index contributed by atoms with van der Waals surface area (Å²) >= 11 is 0. The van der Waals surface area contributed by atoms with Crippen molar-refractivity contribution < 1.29 is 9.53 Å². The number of carbonyl (C=O) groups excluding carboxylic acids is 1. The highest BCUT2D eigenvalue weighted by Crippen LogP contribution is 2.50. The van der Waals surface area contributed by atoms with Gasteiger partial charge in [-0.2, -0.15) is 0 Å². The molecule has 0 unspecified atom stereocenters. The molecule has 0 amide bonds. The zero-order valence-electron chi connectivity index (χ0n) is 14.9. The summed E-state index contributed by atoms with van der Waals surface area (Å²) < 4.78 is 4.80. The first-order valence-corrected chi connectivity index (χ1v) is 8.81. The highest BCUT2D eigenvalue weighted by atomic mass is 16.5. The number of nitrogens with one attached hydrogen (secondary N) is 1. The lowest BCUT2D eigenvalue weighted by atomic mass is 9.76. The quantitative estimate of drug-likeness (QED) is 0.626. The Morgan fingerprint density at radius 2 is 1.92 bits per heavy atom. The van der Waals surface area contributed by atoms with Gasteiger partial charge in [0.1, 0.15) is 0 Å². The Morgan fingerprint density at radius 3 is 2.64 bits per heavy atom. The smallest absolute Gasteiger partial charge is 0.337 e. The number of esters is 1. The Bertz CT molecular complexity index is 851. The van der Waals surface area contributed by atoms with E-state index in [2.05, 4.69) is 43.4 Å². The maximum Gasteiger partial charge on any atom is 0.337 e. The number of methoxy groups -OCH3 is 1. The van der Waals surface area contributed by atoms with Crippen LogP contribution in [0.1, 0.15) is 51.0 Å². The van der Waals surface area contributed by atoms with E-state index in [0.29, 0.717) is 17.4 Å². The van der Waals surface area contributed by atoms with Gasteiger partial charge in [-0.15, -0.1) is 0 Å². The number of fused-ring (bicyclic) bond motifs is 3. The van der Waals surface area contributed by atoms with Gasteiger partial charge in [0, 0.05) is 11.6 Å². The summed E-state index contributed by atoms with van der Waals surface area (Å²) in [5, 5.41) is 3.79. The average molecular weight is 333 g/mol. The molecule has 0 saturated heterocycles. The Balaban J connectivity index is 1.73. The molecule has 0 radical (unpaired) electrons. The molecule has 0 aromatic heterocycles. The van der Waals surface area contributed by atoms with Gasteiger partial charge in [0.2, 0.25) is 0 Å². The Morgan fingerprint density at radius 1 is 1.16 bits per heavy atom. The van der Waals surface area contributed by atoms with Gasteiger partial charge in [-0.25, -0.2) is 4.79 Å². The van der Waals surface area contributed by atoms with E-state index in [0.717, 1.165) is 6.42 Å². The monoisotopic (exact) mass is 333 g/mol. The molecule has 128 valence electrons. The van der Waals surface area contributed by atoms with Crippen molar-refractivity contribution in [1.82, 2.24) is 0 Å². The highest BCUT2D eigenvalue weighted by Gasteiger charge is 2.38. The molecular weight excluding hydrogens is 310 g/mol. The number of aryl methyl sites for hydroxylation is 2. The number of hydrogen-bond acceptors (Lipinski definition) is 3. The third-order valence-corrected chi connectivity index (χ3v) is 5.50. The molecule has 1 aliphatic carbocycles. The minimum absolute atomic E-state index is 0.251. The zero-order valence-corrected chi connectivity index (χ0v) is 14.9. The van der Waals surface area contributed by atoms with Crippen molar-refractivity contribution in [1.29, 1.82) is 0 Å². The number of carbonyl (C=O) groups is 1. The molecule has 1 aliphatic heterocycles. The Labute approximate surface area is 148 Å². The van der Waals surface area contributed by atoms with Crippen LogP contribution in [-0.4, -0.2) is 13.1 Å². The normalized spacial score (nSPS) is 23.6. The minimum atomic E-state index is -0.291. The fourth-order valence-corrected chi connectivity index (χ4v) is 4.35. The van der Waals surface area contributed by atoms with Gasteiger partial charge in [0.25, 0.3) is 0 Å². The van der Waals surface area contributed by atoms with E-state index < -0.39 is 0 Å². The van der Waals surface area contributed by atoms with Crippen LogP contribution in [0.4, 0.5) is 5.69 Å². The van der Waals surface area contributed by atoms with Crippen LogP contribution in [0, 0.1) is 19.8 Å². The fraction of sp³-hybridized carbons (Fsp3) is 0.318. The molecule has 3 heteroatoms. The lowest BCUT2D eigenvalue weighted by molar-refractivity contribution is 0.0600. The molecule has 4 rings (SSSR count). The van der Waals surface area contributed by atoms with E-state index >= 15 is 0 Å². The van der Waals surface area contributed by atoms with Gasteiger partial charge < -0.3 is 10.1 Å². The third-order valence-electron chi connectivity index (χ3n) is 5.50. The van der Waals surface area contributed by atoms with Crippen LogP contribution in [0.5, 0.6) is 0 Å². The van der Waals surface area contributed by atoms with Crippen LogP contribution in [-0.2, 0) is 4.74 Å². The first-order chi connectivity index (χ1) is 12.1. The van der Waals surface area contributed by atoms with Crippen molar-refractivity contribution in [2.75, 3.05) is 12.4 Å². The summed E-state index contributed by atoms with van der Waals surface area (Å²) in [5.74, 6) is 0.679. The largest absolute Gasteiger partial charge is 0.465 e. The summed E-state index contributed by atoms with van der Waals surface area (Å²) in [4.78, 5) is 11.7. The van der Waals surface area contributed by atoms with Gasteiger partial charge in [0.05, 0.1) is 18.7 Å². The summed E-state index contributed by atoms with van der Waals surface area (Å²) in [6.07, 6.45) is 5.74. The average Bonchev–Trinajstić information content (AvgIpc) is 3.11. The van der Waals surface area contributed by atoms with E-state index in [1.807, 2.05) is 24.3 Å². The summed E-state index contributed by atoms with van der Waals surface area (Å²) in [5.41, 5.74) is 7.11. The highest BCUT2D eigenvalue weighted by molar-refractivity contribution is 5.89. The van der Waals surface area contributed by atoms with Gasteiger partial charge in [0.15, 0.2) is 0 Å². The molecule has 0 fully saturated rings. The van der Waals surface area contributed by atoms with Crippen LogP contribution in [0.15, 0.2) is 48.6 Å². The molecule has 1 heterocycles. The summed E-state index contributed by atoms with van der Waals surface area (Å²) in [7, 11) is 1.41. The second kappa shape index (κ2) is 6.07. The molecule has 3 atom stereocenters. The van der Waals surface area contributed by atoms with Crippen molar-refractivity contribution >= 4 is 11.7 Å². The lowest BCUT2D eigenvalue weighted by Crippen LogP contribution is -2.29. The zero-order chi connectivity index (χ0) is 17.6. The maximum atomic E-state index is 11.7. The van der Waals surface area contributed by atoms with Gasteiger partial charge in [-0.05, 0) is 55.0 Å². The number of ether oxygens (including phenoxy) is 1. The van der Waals surface area contributed by atoms with Crippen molar-refractivity contribution in [3.8, 4) is 0 Å². The molecule has 2 aliphatic rings. The minimum Gasteiger partial charge on any atom is -0.465 e. The predicted molar refractivity (Wildman–Crippen MR) is 100 cm³/mol. The summed E-state index contributed by atoms with van der Waals surface area (Å²) in [6, 6.07) is 12.6. The maximum absolute atomic E-state index is 11.7. The van der Waals surface area contributed by atoms with E-state index in [4.69, 9.17) is 4.74 Å². The van der Waals surface area contributed by atoms with Crippen LogP contribution >= 0.6 is 0 Å². The molecule has 1 N–H and O–H groups in total. The second-order valence-corrected chi connectivity index (χ2v) is 7.14. The summed E-state index contributed by atoms with van der Waals surface area (Å²) in [6.45, 7) is 4.34. The SMILES string of the molecule is COC(=O)c1ccc([C@@H]2Nc3c(C)cc(C)cc3[C@@H]3C=CC[C@H]32)cc1. The van der Waals surface area contributed by atoms with Crippen LogP contribution in [0.25, 0.3) is 0 Å². The Hall–Kier alpha value is -2.55. The first kappa shape index (κ1) is 15.9. The molecular formula is C22H23NO2. The number of anilines is 1. The molecule has 0 bridgehead atoms. The topological polar surface area (TPSA) is 38.3 Å². The van der Waals surface area contributed by atoms with Gasteiger partial charge >= 0.3 is 5.97 Å². The second-order valence-electron chi connectivity index (χ2n) is 7.14. The van der Waals surface area contributed by atoms with Crippen molar-refractivity contribution in [2.45, 2.75) is 32.2 Å². The Kier molecular flexibility index (Phi) is 3.87. The standard InChI is InChI=1S/C22H23NO2/c1-13-11-14(2)20-19(12-13)17-5-4-6-18(17)21(23-20)15-7-9-16(10-8-15)22(24)25-3/h4-5,7-12,17-18,21,23H,6H2,1-3H3/t17-,18-,21+/m1/s1. The number of rotatable bonds is 2. The van der Waals surface area contributed by atoms with Crippen LogP contribution in [0.3, 0.4) is 0 Å². The molecule has 0 saturated carbocycles. The molecule has 2 aromatic carbocycles. The molecule has 0 spiro atoms. The van der Waals surface area contributed by atoms with E-state index in [9.17, 15) is 4.79 Å². The number of allylic oxidation sites excluding steroid dienone is 2. The predicted octanol–water partition coefficient (Wildman–Crippen LogP) is 4.92. The van der Waals surface area contributed by atoms with E-state index in [-0.39, 0.29) is 12.0 Å². The lowest BCUT2D eigenvalue weighted by Gasteiger charge is -2.38. The van der Waals surface area contributed by atoms with Gasteiger partial charge in [-0.1, -0.05) is 42.0 Å². The van der Waals surface area contributed by atoms with Crippen molar-refractivity contribution in [2.24, 2.45) is 5.92 Å². The van der Waals surface area contributed by atoms with Crippen molar-refractivity contribution in [3.63, 3.8) is 0 Å². The molecule has 3 nitrogen and oxygen atoms in total. The molecule has 2 aromatic rings. The third kappa shape index (κ3) is 2.64. The van der Waals surface area contributed by atoms with Crippen LogP contribution in [0.2, 0.25) is 0 Å². The number of benzene rings is 2. The fourth-order valence-electron chi connectivity index (χ4n) is 4.35. The van der Waals surface area contributed by atoms with E-state index in [1.165, 1.54) is 35.1 Å². The van der Waals surface area contributed by atoms with Gasteiger partial charge in [-0.3, -0.25) is 0 Å². The first-order valence-electron chi connectivity index (χ1n) is 8.81.